The molecule has 0 saturated heterocycles. The van der Waals surface area contributed by atoms with Gasteiger partial charge in [-0.05, 0) is 54.9 Å². The van der Waals surface area contributed by atoms with Crippen molar-refractivity contribution in [2.45, 2.75) is 72.3 Å². The van der Waals surface area contributed by atoms with Crippen LogP contribution in [0.2, 0.25) is 0 Å². The van der Waals surface area contributed by atoms with Gasteiger partial charge in [-0.25, -0.2) is 0 Å². The summed E-state index contributed by atoms with van der Waals surface area (Å²) in [5.74, 6) is 0.303. The van der Waals surface area contributed by atoms with E-state index in [0.717, 1.165) is 18.4 Å². The van der Waals surface area contributed by atoms with Crippen LogP contribution >= 0.6 is 0 Å². The molecule has 3 rings (SSSR count). The molecule has 146 valence electrons. The van der Waals surface area contributed by atoms with Gasteiger partial charge in [-0.1, -0.05) is 68.7 Å². The first-order valence-electron chi connectivity index (χ1n) is 10.2. The monoisotopic (exact) mass is 368 g/mol. The lowest BCUT2D eigenvalue weighted by molar-refractivity contribution is -0.152. The van der Waals surface area contributed by atoms with Gasteiger partial charge in [0.05, 0.1) is 6.42 Å². The summed E-state index contributed by atoms with van der Waals surface area (Å²) in [5, 5.41) is 0. The lowest BCUT2D eigenvalue weighted by Crippen LogP contribution is -2.45. The minimum absolute atomic E-state index is 0.0620. The largest absolute Gasteiger partial charge is 0.449 e. The maximum atomic E-state index is 12.8. The second-order valence-electron chi connectivity index (χ2n) is 9.24. The summed E-state index contributed by atoms with van der Waals surface area (Å²) in [7, 11) is 0. The van der Waals surface area contributed by atoms with E-state index < -0.39 is 6.10 Å². The third-order valence-corrected chi connectivity index (χ3v) is 7.07. The van der Waals surface area contributed by atoms with Gasteiger partial charge < -0.3 is 4.74 Å². The molecule has 27 heavy (non-hydrogen) atoms. The van der Waals surface area contributed by atoms with Crippen LogP contribution in [-0.4, -0.2) is 12.3 Å². The van der Waals surface area contributed by atoms with Crippen molar-refractivity contribution in [2.75, 3.05) is 0 Å². The SMILES string of the molecule is CC1=C(CC(=O)OC(C=O)c2ccccc2)[C@@]2(C)CCCC(C)(C)C2CC1. The second kappa shape index (κ2) is 7.61. The van der Waals surface area contributed by atoms with Crippen LogP contribution in [0.15, 0.2) is 41.5 Å². The Kier molecular flexibility index (Phi) is 5.60. The van der Waals surface area contributed by atoms with E-state index in [2.05, 4.69) is 27.7 Å². The maximum Gasteiger partial charge on any atom is 0.310 e. The Morgan fingerprint density at radius 3 is 2.59 bits per heavy atom. The highest BCUT2D eigenvalue weighted by Crippen LogP contribution is 2.60. The summed E-state index contributed by atoms with van der Waals surface area (Å²) in [4.78, 5) is 24.2. The van der Waals surface area contributed by atoms with Crippen LogP contribution in [0.4, 0.5) is 0 Å². The Hall–Kier alpha value is -1.90. The lowest BCUT2D eigenvalue weighted by atomic mass is 9.50. The fourth-order valence-corrected chi connectivity index (χ4v) is 5.69. The fourth-order valence-electron chi connectivity index (χ4n) is 5.69. The zero-order valence-corrected chi connectivity index (χ0v) is 17.1. The minimum Gasteiger partial charge on any atom is -0.449 e. The van der Waals surface area contributed by atoms with Crippen LogP contribution in [0.3, 0.4) is 0 Å². The van der Waals surface area contributed by atoms with Crippen LogP contribution in [0.25, 0.3) is 0 Å². The van der Waals surface area contributed by atoms with E-state index in [9.17, 15) is 9.59 Å². The van der Waals surface area contributed by atoms with Crippen molar-refractivity contribution < 1.29 is 14.3 Å². The van der Waals surface area contributed by atoms with Crippen molar-refractivity contribution in [2.24, 2.45) is 16.7 Å². The molecule has 0 heterocycles. The molecule has 3 nitrogen and oxygen atoms in total. The maximum absolute atomic E-state index is 12.8. The quantitative estimate of drug-likeness (QED) is 0.374. The number of hydrogen-bond donors (Lipinski definition) is 0. The Morgan fingerprint density at radius 1 is 1.22 bits per heavy atom. The number of rotatable bonds is 5. The van der Waals surface area contributed by atoms with Crippen LogP contribution < -0.4 is 0 Å². The third kappa shape index (κ3) is 3.88. The van der Waals surface area contributed by atoms with E-state index in [1.165, 1.54) is 30.4 Å². The Morgan fingerprint density at radius 2 is 1.93 bits per heavy atom. The van der Waals surface area contributed by atoms with Crippen molar-refractivity contribution >= 4 is 12.3 Å². The first-order chi connectivity index (χ1) is 12.8. The predicted molar refractivity (Wildman–Crippen MR) is 107 cm³/mol. The highest BCUT2D eigenvalue weighted by atomic mass is 16.5. The van der Waals surface area contributed by atoms with Crippen LogP contribution in [0.1, 0.15) is 77.9 Å². The van der Waals surface area contributed by atoms with Crippen LogP contribution in [0, 0.1) is 16.7 Å². The highest BCUT2D eigenvalue weighted by molar-refractivity contribution is 5.76. The molecule has 2 unspecified atom stereocenters. The Bertz CT molecular complexity index is 731. The molecule has 1 saturated carbocycles. The average molecular weight is 369 g/mol. The third-order valence-electron chi connectivity index (χ3n) is 7.07. The van der Waals surface area contributed by atoms with E-state index in [1.807, 2.05) is 30.3 Å². The zero-order chi connectivity index (χ0) is 19.7. The molecule has 3 heteroatoms. The van der Waals surface area contributed by atoms with Gasteiger partial charge in [0.1, 0.15) is 0 Å². The number of benzene rings is 1. The van der Waals surface area contributed by atoms with E-state index in [-0.39, 0.29) is 11.4 Å². The van der Waals surface area contributed by atoms with Gasteiger partial charge in [0.2, 0.25) is 0 Å². The number of fused-ring (bicyclic) bond motifs is 1. The summed E-state index contributed by atoms with van der Waals surface area (Å²) >= 11 is 0. The summed E-state index contributed by atoms with van der Waals surface area (Å²) in [6, 6.07) is 9.22. The summed E-state index contributed by atoms with van der Waals surface area (Å²) in [6.45, 7) is 9.27. The molecule has 0 radical (unpaired) electrons. The summed E-state index contributed by atoms with van der Waals surface area (Å²) < 4.78 is 5.57. The fraction of sp³-hybridized carbons (Fsp3) is 0.583. The number of ether oxygens (including phenoxy) is 1. The van der Waals surface area contributed by atoms with E-state index in [4.69, 9.17) is 4.74 Å². The molecule has 2 aliphatic rings. The highest BCUT2D eigenvalue weighted by Gasteiger charge is 2.50. The Balaban J connectivity index is 1.79. The van der Waals surface area contributed by atoms with Gasteiger partial charge >= 0.3 is 5.97 Å². The number of hydrogen-bond acceptors (Lipinski definition) is 3. The molecular weight excluding hydrogens is 336 g/mol. The van der Waals surface area contributed by atoms with Crippen molar-refractivity contribution in [3.8, 4) is 0 Å². The first-order valence-corrected chi connectivity index (χ1v) is 10.2. The standard InChI is InChI=1S/C24H32O3/c1-17-11-12-21-23(2,3)13-8-14-24(21,4)19(17)15-22(26)27-20(16-25)18-9-6-5-7-10-18/h5-7,9-10,16,20-21H,8,11-15H2,1-4H3/t20?,21?,24-/m1/s1. The van der Waals surface area contributed by atoms with Crippen LogP contribution in [0.5, 0.6) is 0 Å². The van der Waals surface area contributed by atoms with Gasteiger partial charge in [0.15, 0.2) is 12.4 Å². The normalized spacial score (nSPS) is 28.2. The molecule has 0 amide bonds. The number of esters is 1. The van der Waals surface area contributed by atoms with E-state index >= 15 is 0 Å². The molecule has 1 fully saturated rings. The molecule has 0 aromatic heterocycles. The molecule has 0 N–H and O–H groups in total. The second-order valence-corrected chi connectivity index (χ2v) is 9.24. The van der Waals surface area contributed by atoms with E-state index in [1.54, 1.807) is 0 Å². The topological polar surface area (TPSA) is 43.4 Å². The smallest absolute Gasteiger partial charge is 0.310 e. The molecule has 1 aromatic rings. The average Bonchev–Trinajstić information content (AvgIpc) is 2.63. The van der Waals surface area contributed by atoms with Gasteiger partial charge in [-0.3, -0.25) is 9.59 Å². The molecule has 0 aliphatic heterocycles. The molecule has 1 aromatic carbocycles. The number of carbonyl (C=O) groups excluding carboxylic acids is 2. The summed E-state index contributed by atoms with van der Waals surface area (Å²) in [5.41, 5.74) is 3.68. The molecule has 0 spiro atoms. The van der Waals surface area contributed by atoms with E-state index in [0.29, 0.717) is 24.0 Å². The van der Waals surface area contributed by atoms with Gasteiger partial charge in [0.25, 0.3) is 0 Å². The van der Waals surface area contributed by atoms with Crippen LogP contribution in [-0.2, 0) is 14.3 Å². The zero-order valence-electron chi connectivity index (χ0n) is 17.1. The minimum atomic E-state index is -0.824. The predicted octanol–water partition coefficient (Wildman–Crippen LogP) is 5.80. The number of allylic oxidation sites excluding steroid dienone is 1. The van der Waals surface area contributed by atoms with Crippen molar-refractivity contribution in [1.29, 1.82) is 0 Å². The van der Waals surface area contributed by atoms with Gasteiger partial charge in [-0.15, -0.1) is 0 Å². The van der Waals surface area contributed by atoms with Gasteiger partial charge in [-0.2, -0.15) is 0 Å². The van der Waals surface area contributed by atoms with Crippen molar-refractivity contribution in [3.05, 3.63) is 47.0 Å². The van der Waals surface area contributed by atoms with Gasteiger partial charge in [0, 0.05) is 0 Å². The first kappa shape index (κ1) is 19.9. The number of aldehydes is 1. The summed E-state index contributed by atoms with van der Waals surface area (Å²) in [6.07, 6.45) is 6.04. The van der Waals surface area contributed by atoms with Crippen molar-refractivity contribution in [3.63, 3.8) is 0 Å². The van der Waals surface area contributed by atoms with Crippen molar-refractivity contribution in [1.82, 2.24) is 0 Å². The number of carbonyl (C=O) groups is 2. The molecule has 2 aliphatic carbocycles. The Labute approximate surface area is 163 Å². The molecule has 0 bridgehead atoms. The lowest BCUT2D eigenvalue weighted by Gasteiger charge is -2.55. The molecular formula is C24H32O3. The molecule has 3 atom stereocenters.